The Morgan fingerprint density at radius 2 is 1.28 bits per heavy atom. The molecule has 104 valence electrons. The van der Waals surface area contributed by atoms with E-state index in [0.717, 1.165) is 12.8 Å². The minimum atomic E-state index is -2.39. The molecule has 0 saturated carbocycles. The molecule has 0 rings (SSSR count). The summed E-state index contributed by atoms with van der Waals surface area (Å²) in [7, 11) is -2.39. The van der Waals surface area contributed by atoms with Crippen LogP contribution in [0.5, 0.6) is 0 Å². The van der Waals surface area contributed by atoms with Crippen molar-refractivity contribution >= 4 is 8.25 Å². The zero-order chi connectivity index (χ0) is 12.8. The SMILES string of the molecule is CCCCCCCCCCCCCO[P+](=O)O.[H-].[K+]. The third-order valence-electron chi connectivity index (χ3n) is 2.95. The first kappa shape index (κ1) is 21.9. The fourth-order valence-corrected chi connectivity index (χ4v) is 2.19. The Balaban J connectivity index is -0.00000128. The molecule has 0 bridgehead atoms. The molecule has 0 saturated heterocycles. The molecule has 0 aliphatic carbocycles. The minimum Gasteiger partial charge on any atom is -1.00 e. The van der Waals surface area contributed by atoms with Crippen LogP contribution >= 0.6 is 8.25 Å². The number of hydrogen-bond donors (Lipinski definition) is 1. The summed E-state index contributed by atoms with van der Waals surface area (Å²) in [6, 6.07) is 0. The molecule has 1 N–H and O–H groups in total. The van der Waals surface area contributed by atoms with Gasteiger partial charge >= 0.3 is 59.6 Å². The standard InChI is InChI=1S/C13H27O3P.K.H/c1-2-3-4-5-6-7-8-9-10-11-12-13-16-17(14)15;;/h2-13H2,1H3;;/q;+1;-1/p+1. The summed E-state index contributed by atoms with van der Waals surface area (Å²) in [5.41, 5.74) is 0. The van der Waals surface area contributed by atoms with Crippen LogP contribution in [0.4, 0.5) is 0 Å². The molecule has 1 atom stereocenters. The van der Waals surface area contributed by atoms with E-state index < -0.39 is 8.25 Å². The molecule has 0 aliphatic heterocycles. The third kappa shape index (κ3) is 20.0. The first-order valence-corrected chi connectivity index (χ1v) is 8.19. The maximum Gasteiger partial charge on any atom is 1.00 e. The molecule has 0 aromatic heterocycles. The first-order chi connectivity index (χ1) is 8.27. The van der Waals surface area contributed by atoms with Crippen LogP contribution < -0.4 is 51.4 Å². The monoisotopic (exact) mass is 303 g/mol. The molecule has 3 nitrogen and oxygen atoms in total. The molecule has 0 spiro atoms. The van der Waals surface area contributed by atoms with E-state index in [9.17, 15) is 4.57 Å². The van der Waals surface area contributed by atoms with Gasteiger partial charge in [0.2, 0.25) is 0 Å². The molecular weight excluding hydrogens is 274 g/mol. The van der Waals surface area contributed by atoms with Crippen LogP contribution in [0.25, 0.3) is 0 Å². The summed E-state index contributed by atoms with van der Waals surface area (Å²) in [6.07, 6.45) is 14.1. The summed E-state index contributed by atoms with van der Waals surface area (Å²) >= 11 is 0. The molecule has 18 heavy (non-hydrogen) atoms. The van der Waals surface area contributed by atoms with Crippen molar-refractivity contribution in [1.29, 1.82) is 0 Å². The quantitative estimate of drug-likeness (QED) is 0.322. The molecule has 1 unspecified atom stereocenters. The normalized spacial score (nSPS) is 11.1. The van der Waals surface area contributed by atoms with Crippen molar-refractivity contribution in [2.75, 3.05) is 6.61 Å². The zero-order valence-corrected chi connectivity index (χ0v) is 16.2. The van der Waals surface area contributed by atoms with Gasteiger partial charge in [0, 0.05) is 4.57 Å². The van der Waals surface area contributed by atoms with E-state index in [1.165, 1.54) is 57.8 Å². The van der Waals surface area contributed by atoms with Gasteiger partial charge in [0.05, 0.1) is 0 Å². The second-order valence-electron chi connectivity index (χ2n) is 4.61. The van der Waals surface area contributed by atoms with Crippen molar-refractivity contribution < 1.29 is 66.8 Å². The summed E-state index contributed by atoms with van der Waals surface area (Å²) in [5.74, 6) is 0. The van der Waals surface area contributed by atoms with Gasteiger partial charge in [-0.15, -0.1) is 9.42 Å². The van der Waals surface area contributed by atoms with E-state index >= 15 is 0 Å². The van der Waals surface area contributed by atoms with Crippen LogP contribution in [0.3, 0.4) is 0 Å². The average Bonchev–Trinajstić information content (AvgIpc) is 2.30. The summed E-state index contributed by atoms with van der Waals surface area (Å²) in [4.78, 5) is 8.40. The summed E-state index contributed by atoms with van der Waals surface area (Å²) < 4.78 is 14.8. The van der Waals surface area contributed by atoms with Crippen molar-refractivity contribution in [3.8, 4) is 0 Å². The van der Waals surface area contributed by atoms with Gasteiger partial charge in [0.25, 0.3) is 0 Å². The van der Waals surface area contributed by atoms with Gasteiger partial charge < -0.3 is 1.43 Å². The molecular formula is C13H29KO3P+. The van der Waals surface area contributed by atoms with E-state index in [1.54, 1.807) is 0 Å². The fraction of sp³-hybridized carbons (Fsp3) is 1.00. The Morgan fingerprint density at radius 3 is 1.67 bits per heavy atom. The Bertz CT molecular complexity index is 185. The third-order valence-corrected chi connectivity index (χ3v) is 3.35. The molecule has 0 aromatic rings. The summed E-state index contributed by atoms with van der Waals surface area (Å²) in [6.45, 7) is 2.67. The molecule has 0 fully saturated rings. The molecule has 0 heterocycles. The molecule has 0 amide bonds. The van der Waals surface area contributed by atoms with Crippen LogP contribution in [0, 0.1) is 0 Å². The maximum atomic E-state index is 10.2. The second kappa shape index (κ2) is 18.7. The van der Waals surface area contributed by atoms with Crippen molar-refractivity contribution in [3.05, 3.63) is 0 Å². The van der Waals surface area contributed by atoms with E-state index in [1.807, 2.05) is 0 Å². The maximum absolute atomic E-state index is 10.2. The Labute approximate surface area is 157 Å². The van der Waals surface area contributed by atoms with Crippen molar-refractivity contribution in [2.45, 2.75) is 77.6 Å². The topological polar surface area (TPSA) is 46.5 Å². The van der Waals surface area contributed by atoms with Crippen LogP contribution in [0.15, 0.2) is 0 Å². The second-order valence-corrected chi connectivity index (χ2v) is 5.34. The first-order valence-electron chi connectivity index (χ1n) is 7.06. The Morgan fingerprint density at radius 1 is 0.889 bits per heavy atom. The minimum absolute atomic E-state index is 0. The predicted octanol–water partition coefficient (Wildman–Crippen LogP) is 2.08. The van der Waals surface area contributed by atoms with Gasteiger partial charge in [-0.25, -0.2) is 0 Å². The molecule has 5 heteroatoms. The molecule has 0 radical (unpaired) electrons. The van der Waals surface area contributed by atoms with Crippen LogP contribution in [0.1, 0.15) is 79.0 Å². The van der Waals surface area contributed by atoms with Gasteiger partial charge in [-0.2, -0.15) is 0 Å². The van der Waals surface area contributed by atoms with Crippen LogP contribution in [0.2, 0.25) is 0 Å². The summed E-state index contributed by atoms with van der Waals surface area (Å²) in [5, 5.41) is 0. The average molecular weight is 303 g/mol. The van der Waals surface area contributed by atoms with Gasteiger partial charge in [-0.1, -0.05) is 71.1 Å². The van der Waals surface area contributed by atoms with Gasteiger partial charge in [-0.3, -0.25) is 0 Å². The van der Waals surface area contributed by atoms with Crippen molar-refractivity contribution in [1.82, 2.24) is 0 Å². The van der Waals surface area contributed by atoms with Crippen molar-refractivity contribution in [3.63, 3.8) is 0 Å². The smallest absolute Gasteiger partial charge is 1.00 e. The van der Waals surface area contributed by atoms with E-state index in [4.69, 9.17) is 4.89 Å². The van der Waals surface area contributed by atoms with Gasteiger partial charge in [0.1, 0.15) is 6.61 Å². The van der Waals surface area contributed by atoms with Gasteiger partial charge in [0.15, 0.2) is 0 Å². The zero-order valence-electron chi connectivity index (χ0n) is 13.2. The van der Waals surface area contributed by atoms with E-state index in [0.29, 0.717) is 6.61 Å². The van der Waals surface area contributed by atoms with Crippen LogP contribution in [-0.4, -0.2) is 11.5 Å². The van der Waals surface area contributed by atoms with Crippen LogP contribution in [-0.2, 0) is 9.09 Å². The molecule has 0 aromatic carbocycles. The number of hydrogen-bond acceptors (Lipinski definition) is 2. The fourth-order valence-electron chi connectivity index (χ4n) is 1.91. The van der Waals surface area contributed by atoms with Crippen molar-refractivity contribution in [2.24, 2.45) is 0 Å². The predicted molar refractivity (Wildman–Crippen MR) is 73.4 cm³/mol. The molecule has 0 aliphatic rings. The Kier molecular flexibility index (Phi) is 22.7. The largest absolute Gasteiger partial charge is 1.00 e. The number of rotatable bonds is 13. The van der Waals surface area contributed by atoms with Gasteiger partial charge in [-0.05, 0) is 6.42 Å². The van der Waals surface area contributed by atoms with E-state index in [2.05, 4.69) is 11.4 Å². The Hall–Kier alpha value is 1.66. The van der Waals surface area contributed by atoms with E-state index in [-0.39, 0.29) is 52.8 Å². The number of unbranched alkanes of at least 4 members (excludes halogenated alkanes) is 10.